The molecule has 0 aliphatic carbocycles. The van der Waals surface area contributed by atoms with Gasteiger partial charge in [-0.15, -0.1) is 0 Å². The van der Waals surface area contributed by atoms with Gasteiger partial charge in [0.05, 0.1) is 23.3 Å². The SMILES string of the molecule is COc1cc(/C=N/NC(=O)Cc2ccc(F)cc2)cc(I)c1OCc1ccc(F)cc1. The van der Waals surface area contributed by atoms with Crippen LogP contribution in [0.5, 0.6) is 11.5 Å². The van der Waals surface area contributed by atoms with Crippen LogP contribution in [0.1, 0.15) is 16.7 Å². The molecule has 0 aliphatic heterocycles. The molecule has 0 heterocycles. The summed E-state index contributed by atoms with van der Waals surface area (Å²) in [6, 6.07) is 15.4. The Bertz CT molecular complexity index is 1070. The van der Waals surface area contributed by atoms with E-state index in [0.717, 1.165) is 9.13 Å². The standard InChI is InChI=1S/C23H19F2IN2O3/c1-30-21-11-17(13-27-28-22(29)12-15-2-6-18(24)7-3-15)10-20(26)23(21)31-14-16-4-8-19(25)9-5-16/h2-11,13H,12,14H2,1H3,(H,28,29)/b27-13+. The summed E-state index contributed by atoms with van der Waals surface area (Å²) in [5.74, 6) is 0.0990. The Hall–Kier alpha value is -3.01. The summed E-state index contributed by atoms with van der Waals surface area (Å²) in [6.45, 7) is 0.263. The predicted molar refractivity (Wildman–Crippen MR) is 122 cm³/mol. The monoisotopic (exact) mass is 536 g/mol. The number of hydrogen-bond acceptors (Lipinski definition) is 4. The quantitative estimate of drug-likeness (QED) is 0.255. The van der Waals surface area contributed by atoms with E-state index in [4.69, 9.17) is 9.47 Å². The van der Waals surface area contributed by atoms with Crippen LogP contribution in [0.4, 0.5) is 8.78 Å². The fourth-order valence-corrected chi connectivity index (χ4v) is 3.48. The Balaban J connectivity index is 1.62. The van der Waals surface area contributed by atoms with Gasteiger partial charge >= 0.3 is 0 Å². The number of carbonyl (C=O) groups is 1. The molecule has 1 N–H and O–H groups in total. The van der Waals surface area contributed by atoms with E-state index in [1.54, 1.807) is 30.3 Å². The van der Waals surface area contributed by atoms with E-state index in [0.29, 0.717) is 22.6 Å². The van der Waals surface area contributed by atoms with Crippen LogP contribution in [-0.4, -0.2) is 19.2 Å². The van der Waals surface area contributed by atoms with Crippen molar-refractivity contribution in [1.29, 1.82) is 0 Å². The van der Waals surface area contributed by atoms with E-state index in [1.807, 2.05) is 6.07 Å². The van der Waals surface area contributed by atoms with Gasteiger partial charge in [0.2, 0.25) is 5.91 Å². The number of rotatable bonds is 8. The minimum absolute atomic E-state index is 0.0919. The molecule has 160 valence electrons. The number of hydrogen-bond donors (Lipinski definition) is 1. The molecule has 0 radical (unpaired) electrons. The Morgan fingerprint density at radius 3 is 2.26 bits per heavy atom. The molecule has 3 aromatic carbocycles. The van der Waals surface area contributed by atoms with Crippen LogP contribution in [0.15, 0.2) is 65.8 Å². The fraction of sp³-hybridized carbons (Fsp3) is 0.130. The molecule has 5 nitrogen and oxygen atoms in total. The number of methoxy groups -OCH3 is 1. The van der Waals surface area contributed by atoms with Gasteiger partial charge in [0.15, 0.2) is 11.5 Å². The summed E-state index contributed by atoms with van der Waals surface area (Å²) in [6.07, 6.45) is 1.59. The molecule has 0 bridgehead atoms. The first kappa shape index (κ1) is 22.7. The highest BCUT2D eigenvalue weighted by Crippen LogP contribution is 2.34. The zero-order valence-electron chi connectivity index (χ0n) is 16.6. The maximum atomic E-state index is 13.0. The highest BCUT2D eigenvalue weighted by molar-refractivity contribution is 14.1. The van der Waals surface area contributed by atoms with E-state index in [9.17, 15) is 13.6 Å². The summed E-state index contributed by atoms with van der Waals surface area (Å²) < 4.78 is 38.0. The topological polar surface area (TPSA) is 59.9 Å². The number of nitrogens with one attached hydrogen (secondary N) is 1. The normalized spacial score (nSPS) is 10.8. The van der Waals surface area contributed by atoms with Gasteiger partial charge in [0.25, 0.3) is 0 Å². The van der Waals surface area contributed by atoms with Gasteiger partial charge in [-0.1, -0.05) is 24.3 Å². The predicted octanol–water partition coefficient (Wildman–Crippen LogP) is 4.85. The van der Waals surface area contributed by atoms with Gasteiger partial charge < -0.3 is 9.47 Å². The first-order valence-corrected chi connectivity index (χ1v) is 10.3. The van der Waals surface area contributed by atoms with Gasteiger partial charge in [-0.25, -0.2) is 14.2 Å². The number of nitrogens with zero attached hydrogens (tertiary/aromatic N) is 1. The number of carbonyl (C=O) groups excluding carboxylic acids is 1. The lowest BCUT2D eigenvalue weighted by molar-refractivity contribution is -0.120. The molecule has 1 amide bonds. The van der Waals surface area contributed by atoms with Crippen molar-refractivity contribution in [2.45, 2.75) is 13.0 Å². The maximum Gasteiger partial charge on any atom is 0.244 e. The molecule has 31 heavy (non-hydrogen) atoms. The Kier molecular flexibility index (Phi) is 7.94. The first-order chi connectivity index (χ1) is 14.9. The van der Waals surface area contributed by atoms with E-state index in [2.05, 4.69) is 33.1 Å². The lowest BCUT2D eigenvalue weighted by Crippen LogP contribution is -2.19. The number of ether oxygens (including phenoxy) is 2. The van der Waals surface area contributed by atoms with Crippen molar-refractivity contribution < 1.29 is 23.0 Å². The van der Waals surface area contributed by atoms with E-state index < -0.39 is 0 Å². The van der Waals surface area contributed by atoms with Gasteiger partial charge in [-0.05, 0) is 75.7 Å². The number of benzene rings is 3. The molecule has 0 aliphatic rings. The second-order valence-electron chi connectivity index (χ2n) is 6.55. The van der Waals surface area contributed by atoms with Crippen LogP contribution in [0.2, 0.25) is 0 Å². The Morgan fingerprint density at radius 1 is 1.03 bits per heavy atom. The summed E-state index contributed by atoms with van der Waals surface area (Å²) in [5.41, 5.74) is 4.67. The zero-order chi connectivity index (χ0) is 22.2. The van der Waals surface area contributed by atoms with Crippen molar-refractivity contribution in [1.82, 2.24) is 5.43 Å². The van der Waals surface area contributed by atoms with Gasteiger partial charge in [0, 0.05) is 0 Å². The third-order valence-electron chi connectivity index (χ3n) is 4.23. The smallest absolute Gasteiger partial charge is 0.244 e. The summed E-state index contributed by atoms with van der Waals surface area (Å²) >= 11 is 2.12. The van der Waals surface area contributed by atoms with E-state index >= 15 is 0 Å². The van der Waals surface area contributed by atoms with E-state index in [-0.39, 0.29) is 30.6 Å². The second-order valence-corrected chi connectivity index (χ2v) is 7.71. The largest absolute Gasteiger partial charge is 0.493 e. The van der Waals surface area contributed by atoms with Crippen molar-refractivity contribution in [2.75, 3.05) is 7.11 Å². The van der Waals surface area contributed by atoms with Crippen molar-refractivity contribution >= 4 is 34.7 Å². The lowest BCUT2D eigenvalue weighted by Gasteiger charge is -2.13. The van der Waals surface area contributed by atoms with Crippen molar-refractivity contribution in [2.24, 2.45) is 5.10 Å². The second kappa shape index (κ2) is 10.9. The molecule has 0 atom stereocenters. The minimum Gasteiger partial charge on any atom is -0.493 e. The molecular weight excluding hydrogens is 517 g/mol. The van der Waals surface area contributed by atoms with Gasteiger partial charge in [0.1, 0.15) is 18.2 Å². The van der Waals surface area contributed by atoms with Gasteiger partial charge in [-0.3, -0.25) is 4.79 Å². The van der Waals surface area contributed by atoms with E-state index in [1.165, 1.54) is 37.6 Å². The van der Waals surface area contributed by atoms with Crippen LogP contribution >= 0.6 is 22.6 Å². The van der Waals surface area contributed by atoms with Crippen LogP contribution < -0.4 is 14.9 Å². The highest BCUT2D eigenvalue weighted by atomic mass is 127. The molecule has 3 aromatic rings. The molecule has 0 saturated heterocycles. The maximum absolute atomic E-state index is 13.0. The zero-order valence-corrected chi connectivity index (χ0v) is 18.7. The van der Waals surface area contributed by atoms with Crippen LogP contribution in [0.3, 0.4) is 0 Å². The third kappa shape index (κ3) is 6.74. The van der Waals surface area contributed by atoms with Crippen LogP contribution in [0.25, 0.3) is 0 Å². The molecular formula is C23H19F2IN2O3. The summed E-state index contributed by atoms with van der Waals surface area (Å²) in [5, 5.41) is 3.97. The van der Waals surface area contributed by atoms with Crippen molar-refractivity contribution in [3.8, 4) is 11.5 Å². The lowest BCUT2D eigenvalue weighted by atomic mass is 10.1. The van der Waals surface area contributed by atoms with Crippen molar-refractivity contribution in [3.05, 3.63) is 92.6 Å². The minimum atomic E-state index is -0.351. The highest BCUT2D eigenvalue weighted by Gasteiger charge is 2.12. The number of amides is 1. The molecule has 0 spiro atoms. The molecule has 0 saturated carbocycles. The Morgan fingerprint density at radius 2 is 1.65 bits per heavy atom. The molecule has 3 rings (SSSR count). The first-order valence-electron chi connectivity index (χ1n) is 9.25. The Labute approximate surface area is 192 Å². The summed E-state index contributed by atoms with van der Waals surface area (Å²) in [7, 11) is 1.53. The van der Waals surface area contributed by atoms with Crippen LogP contribution in [-0.2, 0) is 17.8 Å². The molecule has 8 heteroatoms. The summed E-state index contributed by atoms with van der Waals surface area (Å²) in [4.78, 5) is 12.0. The average molecular weight is 536 g/mol. The van der Waals surface area contributed by atoms with Crippen molar-refractivity contribution in [3.63, 3.8) is 0 Å². The average Bonchev–Trinajstić information content (AvgIpc) is 2.75. The fourth-order valence-electron chi connectivity index (χ4n) is 2.70. The molecule has 0 aromatic heterocycles. The van der Waals surface area contributed by atoms with Crippen LogP contribution in [0, 0.1) is 15.2 Å². The molecule has 0 fully saturated rings. The van der Waals surface area contributed by atoms with Gasteiger partial charge in [-0.2, -0.15) is 5.10 Å². The number of hydrazone groups is 1. The number of halogens is 3. The molecule has 0 unspecified atom stereocenters. The third-order valence-corrected chi connectivity index (χ3v) is 5.03.